The molecule has 0 aliphatic heterocycles. The molecule has 0 aliphatic carbocycles. The molecule has 2 aromatic rings. The summed E-state index contributed by atoms with van der Waals surface area (Å²) in [6.07, 6.45) is 1.39. The Morgan fingerprint density at radius 1 is 1.26 bits per heavy atom. The number of hydrogen-bond acceptors (Lipinski definition) is 5. The first-order valence-corrected chi connectivity index (χ1v) is 5.94. The fraction of sp³-hybridized carbons (Fsp3) is 0.154. The summed E-state index contributed by atoms with van der Waals surface area (Å²) in [5.74, 6) is 1.69. The molecular formula is C13H12N2O3S. The molecule has 6 heteroatoms. The average molecular weight is 276 g/mol. The van der Waals surface area contributed by atoms with Crippen molar-refractivity contribution in [1.29, 1.82) is 0 Å². The number of rotatable bonds is 4. The van der Waals surface area contributed by atoms with Crippen LogP contribution in [0.3, 0.4) is 0 Å². The van der Waals surface area contributed by atoms with Crippen LogP contribution in [0.2, 0.25) is 0 Å². The second-order valence-corrected chi connectivity index (χ2v) is 4.10. The van der Waals surface area contributed by atoms with E-state index in [0.717, 1.165) is 0 Å². The quantitative estimate of drug-likeness (QED) is 0.870. The number of aryl methyl sites for hydroxylation is 1. The molecule has 0 radical (unpaired) electrons. The Balaban J connectivity index is 2.42. The summed E-state index contributed by atoms with van der Waals surface area (Å²) in [4.78, 5) is 19.5. The highest BCUT2D eigenvalue weighted by molar-refractivity contribution is 7.97. The van der Waals surface area contributed by atoms with E-state index in [0.29, 0.717) is 17.3 Å². The minimum absolute atomic E-state index is 0.164. The van der Waals surface area contributed by atoms with Gasteiger partial charge in [-0.3, -0.25) is 4.79 Å². The third-order valence-electron chi connectivity index (χ3n) is 2.38. The maximum absolute atomic E-state index is 11.4. The van der Waals surface area contributed by atoms with Crippen LogP contribution in [-0.4, -0.2) is 22.2 Å². The molecule has 19 heavy (non-hydrogen) atoms. The van der Waals surface area contributed by atoms with E-state index in [-0.39, 0.29) is 11.4 Å². The third-order valence-corrected chi connectivity index (χ3v) is 2.62. The molecule has 0 unspecified atom stereocenters. The highest BCUT2D eigenvalue weighted by atomic mass is 32.1. The Morgan fingerprint density at radius 2 is 1.95 bits per heavy atom. The van der Waals surface area contributed by atoms with E-state index >= 15 is 0 Å². The predicted molar refractivity (Wildman–Crippen MR) is 73.2 cm³/mol. The first kappa shape index (κ1) is 13.4. The van der Waals surface area contributed by atoms with Crippen molar-refractivity contribution in [1.82, 2.24) is 9.97 Å². The van der Waals surface area contributed by atoms with Crippen LogP contribution >= 0.6 is 12.6 Å². The van der Waals surface area contributed by atoms with Crippen molar-refractivity contribution < 1.29 is 14.3 Å². The van der Waals surface area contributed by atoms with Gasteiger partial charge in [-0.15, -0.1) is 12.6 Å². The summed E-state index contributed by atoms with van der Waals surface area (Å²) in [6.45, 7) is 1.71. The normalized spacial score (nSPS) is 10.1. The summed E-state index contributed by atoms with van der Waals surface area (Å²) in [5, 5.41) is -0.454. The molecule has 1 aromatic heterocycles. The minimum Gasteiger partial charge on any atom is -0.493 e. The molecule has 0 saturated heterocycles. The number of ether oxygens (including phenoxy) is 2. The molecule has 0 aliphatic rings. The lowest BCUT2D eigenvalue weighted by Crippen LogP contribution is -2.02. The van der Waals surface area contributed by atoms with Crippen molar-refractivity contribution >= 4 is 17.7 Å². The highest BCUT2D eigenvalue weighted by Gasteiger charge is 2.14. The van der Waals surface area contributed by atoms with Crippen molar-refractivity contribution in [3.8, 4) is 17.4 Å². The van der Waals surface area contributed by atoms with Crippen molar-refractivity contribution in [3.05, 3.63) is 41.9 Å². The van der Waals surface area contributed by atoms with Gasteiger partial charge in [0, 0.05) is 6.20 Å². The van der Waals surface area contributed by atoms with Gasteiger partial charge in [0.05, 0.1) is 7.11 Å². The number of carbonyl (C=O) groups excluding carboxylic acids is 1. The Kier molecular flexibility index (Phi) is 4.01. The average Bonchev–Trinajstić information content (AvgIpc) is 2.39. The van der Waals surface area contributed by atoms with Gasteiger partial charge in [-0.25, -0.2) is 4.98 Å². The lowest BCUT2D eigenvalue weighted by atomic mass is 10.3. The van der Waals surface area contributed by atoms with Gasteiger partial charge in [0.1, 0.15) is 11.4 Å². The van der Waals surface area contributed by atoms with E-state index in [1.807, 2.05) is 6.07 Å². The Bertz CT molecular complexity index is 617. The molecule has 0 amide bonds. The van der Waals surface area contributed by atoms with Gasteiger partial charge in [0.2, 0.25) is 11.0 Å². The van der Waals surface area contributed by atoms with E-state index in [9.17, 15) is 4.79 Å². The van der Waals surface area contributed by atoms with Crippen LogP contribution in [0.1, 0.15) is 16.2 Å². The van der Waals surface area contributed by atoms with Gasteiger partial charge in [0.15, 0.2) is 11.5 Å². The SMILES string of the molecule is COc1ccccc1Oc1nc(C)ncc1C(=O)S. The number of benzene rings is 1. The zero-order valence-electron chi connectivity index (χ0n) is 10.5. The summed E-state index contributed by atoms with van der Waals surface area (Å²) >= 11 is 3.78. The van der Waals surface area contributed by atoms with Gasteiger partial charge in [-0.2, -0.15) is 4.98 Å². The van der Waals surface area contributed by atoms with Crippen LogP contribution in [0.4, 0.5) is 0 Å². The van der Waals surface area contributed by atoms with Crippen molar-refractivity contribution in [3.63, 3.8) is 0 Å². The number of carbonyl (C=O) groups is 1. The summed E-state index contributed by atoms with van der Waals surface area (Å²) in [5.41, 5.74) is 0.208. The van der Waals surface area contributed by atoms with Crippen LogP contribution in [0.15, 0.2) is 30.5 Å². The molecule has 0 atom stereocenters. The number of para-hydroxylation sites is 2. The zero-order chi connectivity index (χ0) is 13.8. The molecule has 1 heterocycles. The third kappa shape index (κ3) is 3.03. The minimum atomic E-state index is -0.454. The molecule has 0 fully saturated rings. The first-order valence-electron chi connectivity index (χ1n) is 5.49. The number of methoxy groups -OCH3 is 1. The Hall–Kier alpha value is -2.08. The number of nitrogens with zero attached hydrogens (tertiary/aromatic N) is 2. The van der Waals surface area contributed by atoms with E-state index in [1.165, 1.54) is 13.3 Å². The number of aromatic nitrogens is 2. The lowest BCUT2D eigenvalue weighted by Gasteiger charge is -2.11. The van der Waals surface area contributed by atoms with E-state index in [1.54, 1.807) is 25.1 Å². The molecule has 2 rings (SSSR count). The summed E-state index contributed by atoms with van der Waals surface area (Å²) < 4.78 is 10.8. The predicted octanol–water partition coefficient (Wildman–Crippen LogP) is 2.66. The molecule has 5 nitrogen and oxygen atoms in total. The molecule has 0 N–H and O–H groups in total. The second-order valence-electron chi connectivity index (χ2n) is 3.69. The zero-order valence-corrected chi connectivity index (χ0v) is 11.3. The molecule has 0 spiro atoms. The molecule has 1 aromatic carbocycles. The van der Waals surface area contributed by atoms with Gasteiger partial charge >= 0.3 is 0 Å². The standard InChI is InChI=1S/C13H12N2O3S/c1-8-14-7-9(13(16)19)12(15-8)18-11-6-4-3-5-10(11)17-2/h3-7H,1-2H3,(H,16,19). The Labute approximate surface area is 116 Å². The highest BCUT2D eigenvalue weighted by Crippen LogP contribution is 2.31. The van der Waals surface area contributed by atoms with Gasteiger partial charge in [-0.05, 0) is 19.1 Å². The first-order chi connectivity index (χ1) is 9.11. The lowest BCUT2D eigenvalue weighted by molar-refractivity contribution is 0.108. The van der Waals surface area contributed by atoms with Crippen molar-refractivity contribution in [2.45, 2.75) is 6.92 Å². The van der Waals surface area contributed by atoms with E-state index < -0.39 is 5.12 Å². The molecular weight excluding hydrogens is 264 g/mol. The number of hydrogen-bond donors (Lipinski definition) is 1. The largest absolute Gasteiger partial charge is 0.493 e. The smallest absolute Gasteiger partial charge is 0.234 e. The molecule has 0 bridgehead atoms. The fourth-order valence-corrected chi connectivity index (χ4v) is 1.63. The second kappa shape index (κ2) is 5.71. The van der Waals surface area contributed by atoms with E-state index in [2.05, 4.69) is 22.6 Å². The fourth-order valence-electron chi connectivity index (χ4n) is 1.48. The maximum Gasteiger partial charge on any atom is 0.234 e. The van der Waals surface area contributed by atoms with E-state index in [4.69, 9.17) is 9.47 Å². The summed E-state index contributed by atoms with van der Waals surface area (Å²) in [7, 11) is 1.54. The maximum atomic E-state index is 11.4. The van der Waals surface area contributed by atoms with Crippen LogP contribution < -0.4 is 9.47 Å². The topological polar surface area (TPSA) is 61.3 Å². The van der Waals surface area contributed by atoms with Crippen LogP contribution in [0.5, 0.6) is 17.4 Å². The van der Waals surface area contributed by atoms with Gasteiger partial charge in [-0.1, -0.05) is 12.1 Å². The van der Waals surface area contributed by atoms with Crippen LogP contribution in [0, 0.1) is 6.92 Å². The molecule has 0 saturated carbocycles. The Morgan fingerprint density at radius 3 is 2.58 bits per heavy atom. The monoisotopic (exact) mass is 276 g/mol. The van der Waals surface area contributed by atoms with Crippen LogP contribution in [0.25, 0.3) is 0 Å². The van der Waals surface area contributed by atoms with Crippen LogP contribution in [-0.2, 0) is 0 Å². The van der Waals surface area contributed by atoms with Crippen molar-refractivity contribution in [2.75, 3.05) is 7.11 Å². The van der Waals surface area contributed by atoms with Gasteiger partial charge < -0.3 is 9.47 Å². The number of thiol groups is 1. The van der Waals surface area contributed by atoms with Gasteiger partial charge in [0.25, 0.3) is 0 Å². The molecule has 98 valence electrons. The van der Waals surface area contributed by atoms with Crippen molar-refractivity contribution in [2.24, 2.45) is 0 Å². The summed E-state index contributed by atoms with van der Waals surface area (Å²) in [6, 6.07) is 7.10.